The Morgan fingerprint density at radius 1 is 1.07 bits per heavy atom. The van der Waals surface area contributed by atoms with E-state index in [0.717, 1.165) is 42.4 Å². The van der Waals surface area contributed by atoms with E-state index in [0.29, 0.717) is 30.5 Å². The summed E-state index contributed by atoms with van der Waals surface area (Å²) in [5.41, 5.74) is 2.91. The Balaban J connectivity index is 1.28. The van der Waals surface area contributed by atoms with Gasteiger partial charge in [-0.1, -0.05) is 11.6 Å². The highest BCUT2D eigenvalue weighted by Crippen LogP contribution is 2.25. The van der Waals surface area contributed by atoms with Crippen LogP contribution in [0.1, 0.15) is 51.2 Å². The topological polar surface area (TPSA) is 73.8 Å². The molecule has 0 saturated carbocycles. The highest BCUT2D eigenvalue weighted by Gasteiger charge is 2.35. The van der Waals surface area contributed by atoms with Gasteiger partial charge >= 0.3 is 0 Å². The van der Waals surface area contributed by atoms with E-state index < -0.39 is 0 Å². The zero-order valence-electron chi connectivity index (χ0n) is 17.4. The number of anilines is 1. The number of nitrogens with zero attached hydrogens (tertiary/aromatic N) is 4. The first-order chi connectivity index (χ1) is 14.4. The molecule has 0 N–H and O–H groups in total. The van der Waals surface area contributed by atoms with E-state index in [4.69, 9.17) is 0 Å². The van der Waals surface area contributed by atoms with Crippen molar-refractivity contribution in [1.82, 2.24) is 14.8 Å². The Bertz CT molecular complexity index is 987. The number of thiazole rings is 1. The Morgan fingerprint density at radius 3 is 2.63 bits per heavy atom. The summed E-state index contributed by atoms with van der Waals surface area (Å²) in [6, 6.07) is 5.31. The SMILES string of the molecule is Cc1ccc2c(c1)C(=O)N(CCCC(=O)N1CCCN(c3nc(C)cs3)CC1)C2=O. The molecule has 2 aromatic rings. The fraction of sp³-hybridized carbons (Fsp3) is 0.455. The van der Waals surface area contributed by atoms with Crippen molar-refractivity contribution in [2.45, 2.75) is 33.1 Å². The molecule has 3 amide bonds. The molecule has 0 bridgehead atoms. The zero-order chi connectivity index (χ0) is 21.3. The number of fused-ring (bicyclic) bond motifs is 1. The average molecular weight is 427 g/mol. The first kappa shape index (κ1) is 20.5. The monoisotopic (exact) mass is 426 g/mol. The van der Waals surface area contributed by atoms with E-state index in [9.17, 15) is 14.4 Å². The number of carbonyl (C=O) groups is 3. The number of carbonyl (C=O) groups excluding carboxylic acids is 3. The maximum atomic E-state index is 12.7. The van der Waals surface area contributed by atoms with Gasteiger partial charge in [0.25, 0.3) is 11.8 Å². The minimum atomic E-state index is -0.258. The Morgan fingerprint density at radius 2 is 1.87 bits per heavy atom. The number of amides is 3. The number of aromatic nitrogens is 1. The number of hydrogen-bond donors (Lipinski definition) is 0. The predicted molar refractivity (Wildman–Crippen MR) is 116 cm³/mol. The molecule has 0 unspecified atom stereocenters. The van der Waals surface area contributed by atoms with Crippen molar-refractivity contribution in [2.24, 2.45) is 0 Å². The van der Waals surface area contributed by atoms with Gasteiger partial charge < -0.3 is 9.80 Å². The molecular formula is C22H26N4O3S. The van der Waals surface area contributed by atoms with Crippen LogP contribution < -0.4 is 4.90 Å². The van der Waals surface area contributed by atoms with Crippen LogP contribution >= 0.6 is 11.3 Å². The van der Waals surface area contributed by atoms with Gasteiger partial charge in [-0.05, 0) is 38.8 Å². The van der Waals surface area contributed by atoms with Crippen LogP contribution in [-0.4, -0.2) is 65.2 Å². The number of aryl methyl sites for hydroxylation is 2. The first-order valence-corrected chi connectivity index (χ1v) is 11.2. The van der Waals surface area contributed by atoms with Crippen molar-refractivity contribution in [2.75, 3.05) is 37.6 Å². The third-order valence-corrected chi connectivity index (χ3v) is 6.64. The van der Waals surface area contributed by atoms with Crippen molar-refractivity contribution >= 4 is 34.2 Å². The van der Waals surface area contributed by atoms with E-state index in [-0.39, 0.29) is 24.3 Å². The second-order valence-corrected chi connectivity index (χ2v) is 8.74. The molecule has 1 aromatic carbocycles. The van der Waals surface area contributed by atoms with E-state index in [1.165, 1.54) is 4.90 Å². The number of benzene rings is 1. The van der Waals surface area contributed by atoms with Gasteiger partial charge in [-0.25, -0.2) is 4.98 Å². The number of rotatable bonds is 5. The highest BCUT2D eigenvalue weighted by molar-refractivity contribution is 7.13. The molecular weight excluding hydrogens is 400 g/mol. The van der Waals surface area contributed by atoms with Crippen LogP contribution in [0, 0.1) is 13.8 Å². The summed E-state index contributed by atoms with van der Waals surface area (Å²) >= 11 is 1.64. The van der Waals surface area contributed by atoms with E-state index in [2.05, 4.69) is 9.88 Å². The lowest BCUT2D eigenvalue weighted by Gasteiger charge is -2.22. The van der Waals surface area contributed by atoms with Crippen LogP contribution in [0.4, 0.5) is 5.13 Å². The summed E-state index contributed by atoms with van der Waals surface area (Å²) in [6.45, 7) is 7.23. The molecule has 1 saturated heterocycles. The van der Waals surface area contributed by atoms with Crippen molar-refractivity contribution in [3.05, 3.63) is 46.0 Å². The molecule has 2 aliphatic rings. The molecule has 1 fully saturated rings. The van der Waals surface area contributed by atoms with E-state index in [1.807, 2.05) is 30.2 Å². The van der Waals surface area contributed by atoms with Crippen LogP contribution in [-0.2, 0) is 4.79 Å². The van der Waals surface area contributed by atoms with Gasteiger partial charge in [0.1, 0.15) is 0 Å². The van der Waals surface area contributed by atoms with E-state index >= 15 is 0 Å². The van der Waals surface area contributed by atoms with Crippen LogP contribution in [0.2, 0.25) is 0 Å². The fourth-order valence-electron chi connectivity index (χ4n) is 4.00. The second kappa shape index (κ2) is 8.55. The van der Waals surface area contributed by atoms with Crippen LogP contribution in [0.15, 0.2) is 23.6 Å². The third-order valence-electron chi connectivity index (χ3n) is 5.62. The maximum Gasteiger partial charge on any atom is 0.261 e. The van der Waals surface area contributed by atoms with Gasteiger partial charge in [0, 0.05) is 44.5 Å². The lowest BCUT2D eigenvalue weighted by atomic mass is 10.1. The second-order valence-electron chi connectivity index (χ2n) is 7.91. The molecule has 30 heavy (non-hydrogen) atoms. The number of imide groups is 1. The molecule has 4 rings (SSSR count). The summed E-state index contributed by atoms with van der Waals surface area (Å²) in [4.78, 5) is 47.7. The average Bonchev–Trinajstić information content (AvgIpc) is 3.13. The minimum absolute atomic E-state index is 0.0830. The molecule has 2 aliphatic heterocycles. The molecule has 0 radical (unpaired) electrons. The largest absolute Gasteiger partial charge is 0.346 e. The van der Waals surface area contributed by atoms with E-state index in [1.54, 1.807) is 23.5 Å². The summed E-state index contributed by atoms with van der Waals surface area (Å²) < 4.78 is 0. The molecule has 1 aromatic heterocycles. The smallest absolute Gasteiger partial charge is 0.261 e. The summed E-state index contributed by atoms with van der Waals surface area (Å²) in [6.07, 6.45) is 1.72. The molecule has 0 atom stereocenters. The summed E-state index contributed by atoms with van der Waals surface area (Å²) in [5, 5.41) is 3.06. The number of hydrogen-bond acceptors (Lipinski definition) is 6. The van der Waals surface area contributed by atoms with Crippen LogP contribution in [0.25, 0.3) is 0 Å². The quantitative estimate of drug-likeness (QED) is 0.688. The lowest BCUT2D eigenvalue weighted by Crippen LogP contribution is -2.36. The standard InChI is InChI=1S/C22H26N4O3S/c1-15-6-7-17-18(13-15)21(29)26(20(17)28)10-3-5-19(27)24-8-4-9-25(12-11-24)22-23-16(2)14-30-22/h6-7,13-14H,3-5,8-12H2,1-2H3. The van der Waals surface area contributed by atoms with Crippen LogP contribution in [0.3, 0.4) is 0 Å². The molecule has 8 heteroatoms. The molecule has 158 valence electrons. The lowest BCUT2D eigenvalue weighted by molar-refractivity contribution is -0.131. The molecule has 0 spiro atoms. The normalized spacial score (nSPS) is 16.8. The van der Waals surface area contributed by atoms with Gasteiger partial charge in [-0.15, -0.1) is 11.3 Å². The predicted octanol–water partition coefficient (Wildman–Crippen LogP) is 2.88. The third kappa shape index (κ3) is 4.09. The summed E-state index contributed by atoms with van der Waals surface area (Å²) in [5.74, 6) is -0.429. The highest BCUT2D eigenvalue weighted by atomic mass is 32.1. The Kier molecular flexibility index (Phi) is 5.85. The van der Waals surface area contributed by atoms with Gasteiger partial charge in [0.15, 0.2) is 5.13 Å². The minimum Gasteiger partial charge on any atom is -0.346 e. The Hall–Kier alpha value is -2.74. The van der Waals surface area contributed by atoms with Gasteiger partial charge in [-0.3, -0.25) is 19.3 Å². The molecule has 0 aliphatic carbocycles. The first-order valence-electron chi connectivity index (χ1n) is 10.4. The molecule has 7 nitrogen and oxygen atoms in total. The van der Waals surface area contributed by atoms with Crippen molar-refractivity contribution < 1.29 is 14.4 Å². The Labute approximate surface area is 180 Å². The summed E-state index contributed by atoms with van der Waals surface area (Å²) in [7, 11) is 0. The van der Waals surface area contributed by atoms with Crippen molar-refractivity contribution in [3.8, 4) is 0 Å². The maximum absolute atomic E-state index is 12.7. The van der Waals surface area contributed by atoms with Gasteiger partial charge in [0.2, 0.25) is 5.91 Å². The van der Waals surface area contributed by atoms with Gasteiger partial charge in [0.05, 0.1) is 16.8 Å². The van der Waals surface area contributed by atoms with Crippen molar-refractivity contribution in [3.63, 3.8) is 0 Å². The molecule has 3 heterocycles. The van der Waals surface area contributed by atoms with Gasteiger partial charge in [-0.2, -0.15) is 0 Å². The van der Waals surface area contributed by atoms with Crippen molar-refractivity contribution in [1.29, 1.82) is 0 Å². The zero-order valence-corrected chi connectivity index (χ0v) is 18.2. The van der Waals surface area contributed by atoms with Crippen LogP contribution in [0.5, 0.6) is 0 Å². The fourth-order valence-corrected chi connectivity index (χ4v) is 4.86.